The molecule has 0 unspecified atom stereocenters. The number of carbonyl (C=O) groups excluding carboxylic acids is 1. The second-order valence-corrected chi connectivity index (χ2v) is 8.48. The molecule has 1 aliphatic rings. The summed E-state index contributed by atoms with van der Waals surface area (Å²) in [6.07, 6.45) is 0.896. The van der Waals surface area contributed by atoms with Crippen molar-refractivity contribution in [3.63, 3.8) is 0 Å². The minimum Gasteiger partial charge on any atom is -0.493 e. The second-order valence-electron chi connectivity index (χ2n) is 8.09. The lowest BCUT2D eigenvalue weighted by atomic mass is 10.1. The van der Waals surface area contributed by atoms with Gasteiger partial charge in [-0.05, 0) is 42.5 Å². The van der Waals surface area contributed by atoms with Crippen LogP contribution < -0.4 is 25.2 Å². The van der Waals surface area contributed by atoms with E-state index < -0.39 is 0 Å². The van der Waals surface area contributed by atoms with Gasteiger partial charge in [0, 0.05) is 24.6 Å². The number of H-pyrrole nitrogens is 1. The monoisotopic (exact) mass is 485 g/mol. The van der Waals surface area contributed by atoms with Crippen molar-refractivity contribution in [3.05, 3.63) is 57.1 Å². The average molecular weight is 486 g/mol. The van der Waals surface area contributed by atoms with Crippen LogP contribution in [0.5, 0.6) is 11.5 Å². The average Bonchev–Trinajstić information content (AvgIpc) is 2.86. The van der Waals surface area contributed by atoms with E-state index in [4.69, 9.17) is 26.4 Å². The van der Waals surface area contributed by atoms with Gasteiger partial charge in [-0.3, -0.25) is 14.2 Å². The molecule has 3 N–H and O–H groups in total. The number of benzene rings is 2. The zero-order valence-corrected chi connectivity index (χ0v) is 20.1. The molecule has 1 amide bonds. The van der Waals surface area contributed by atoms with Gasteiger partial charge in [0.25, 0.3) is 11.5 Å². The predicted molar refractivity (Wildman–Crippen MR) is 131 cm³/mol. The molecule has 4 rings (SSSR count). The van der Waals surface area contributed by atoms with Crippen molar-refractivity contribution in [2.24, 2.45) is 0 Å². The highest BCUT2D eigenvalue weighted by Gasteiger charge is 2.15. The van der Waals surface area contributed by atoms with E-state index in [-0.39, 0.29) is 16.2 Å². The summed E-state index contributed by atoms with van der Waals surface area (Å²) >= 11 is 5.47. The van der Waals surface area contributed by atoms with Crippen LogP contribution in [0, 0.1) is 4.77 Å². The van der Waals surface area contributed by atoms with Gasteiger partial charge in [-0.2, -0.15) is 0 Å². The minimum atomic E-state index is -0.286. The largest absolute Gasteiger partial charge is 0.493 e. The van der Waals surface area contributed by atoms with E-state index >= 15 is 0 Å². The lowest BCUT2D eigenvalue weighted by molar-refractivity contribution is -0.908. The molecule has 3 aromatic rings. The van der Waals surface area contributed by atoms with E-state index in [1.54, 1.807) is 43.5 Å². The molecule has 2 heterocycles. The highest BCUT2D eigenvalue weighted by atomic mass is 32.1. The van der Waals surface area contributed by atoms with Gasteiger partial charge in [0.05, 0.1) is 50.6 Å². The Hall–Kier alpha value is -3.21. The van der Waals surface area contributed by atoms with Gasteiger partial charge in [0.15, 0.2) is 16.3 Å². The Bertz CT molecular complexity index is 1300. The van der Waals surface area contributed by atoms with E-state index in [1.807, 2.05) is 0 Å². The number of rotatable bonds is 8. The van der Waals surface area contributed by atoms with Crippen LogP contribution >= 0.6 is 12.2 Å². The molecule has 0 saturated carbocycles. The minimum absolute atomic E-state index is 0.178. The molecule has 180 valence electrons. The Morgan fingerprint density at radius 1 is 1.15 bits per heavy atom. The van der Waals surface area contributed by atoms with Crippen LogP contribution in [0.2, 0.25) is 0 Å². The number of morpholine rings is 1. The first kappa shape index (κ1) is 23.9. The maximum atomic E-state index is 13.2. The van der Waals surface area contributed by atoms with Crippen molar-refractivity contribution in [1.29, 1.82) is 0 Å². The molecule has 2 aromatic carbocycles. The topological polar surface area (TPSA) is 99.0 Å². The van der Waals surface area contributed by atoms with Crippen LogP contribution in [0.15, 0.2) is 41.2 Å². The Labute approximate surface area is 202 Å². The molecule has 0 spiro atoms. The summed E-state index contributed by atoms with van der Waals surface area (Å²) in [7, 11) is 3.08. The van der Waals surface area contributed by atoms with Gasteiger partial charge in [0.1, 0.15) is 13.1 Å². The number of methoxy groups -OCH3 is 2. The van der Waals surface area contributed by atoms with Gasteiger partial charge < -0.3 is 29.4 Å². The van der Waals surface area contributed by atoms with E-state index in [2.05, 4.69) is 10.3 Å². The predicted octanol–water partition coefficient (Wildman–Crippen LogP) is 1.10. The first-order valence-corrected chi connectivity index (χ1v) is 11.6. The smallest absolute Gasteiger partial charge is 0.266 e. The van der Waals surface area contributed by atoms with E-state index in [0.717, 1.165) is 39.3 Å². The molecule has 0 atom stereocenters. The van der Waals surface area contributed by atoms with Crippen molar-refractivity contribution in [1.82, 2.24) is 14.9 Å². The number of aromatic amines is 1. The number of nitrogens with zero attached hydrogens (tertiary/aromatic N) is 1. The third kappa shape index (κ3) is 5.14. The van der Waals surface area contributed by atoms with Crippen LogP contribution in [0.3, 0.4) is 0 Å². The molecular formula is C24H29N4O5S+. The highest BCUT2D eigenvalue weighted by Crippen LogP contribution is 2.29. The standard InChI is InChI=1S/C24H28N4O5S/c1-31-20-7-5-17(15-21(20)32-2)28-23(30)18-6-4-16(14-19(18)26-24(28)34)22(29)25-8-3-9-27-10-12-33-13-11-27/h4-7,14-15H,3,8-13H2,1-2H3,(H,25,29)(H,26,34)/p+1. The van der Waals surface area contributed by atoms with E-state index in [9.17, 15) is 9.59 Å². The van der Waals surface area contributed by atoms with Crippen molar-refractivity contribution in [3.8, 4) is 17.2 Å². The number of ether oxygens (including phenoxy) is 3. The number of amides is 1. The van der Waals surface area contributed by atoms with Crippen molar-refractivity contribution in [2.75, 3.05) is 53.6 Å². The number of hydrogen-bond donors (Lipinski definition) is 3. The van der Waals surface area contributed by atoms with Crippen LogP contribution in [0.1, 0.15) is 16.8 Å². The van der Waals surface area contributed by atoms with Crippen LogP contribution in [-0.2, 0) is 4.74 Å². The lowest BCUT2D eigenvalue weighted by Gasteiger charge is -2.23. The van der Waals surface area contributed by atoms with Crippen molar-refractivity contribution < 1.29 is 23.9 Å². The highest BCUT2D eigenvalue weighted by molar-refractivity contribution is 7.71. The maximum Gasteiger partial charge on any atom is 0.266 e. The van der Waals surface area contributed by atoms with Crippen LogP contribution in [0.4, 0.5) is 0 Å². The third-order valence-electron chi connectivity index (χ3n) is 5.98. The summed E-state index contributed by atoms with van der Waals surface area (Å²) in [6.45, 7) is 5.22. The molecule has 1 saturated heterocycles. The first-order valence-electron chi connectivity index (χ1n) is 11.2. The number of hydrogen-bond acceptors (Lipinski definition) is 6. The lowest BCUT2D eigenvalue weighted by Crippen LogP contribution is -3.14. The fraction of sp³-hybridized carbons (Fsp3) is 0.375. The summed E-state index contributed by atoms with van der Waals surface area (Å²) in [4.78, 5) is 30.5. The first-order chi connectivity index (χ1) is 16.5. The molecule has 34 heavy (non-hydrogen) atoms. The van der Waals surface area contributed by atoms with Gasteiger partial charge in [-0.1, -0.05) is 0 Å². The van der Waals surface area contributed by atoms with Crippen molar-refractivity contribution >= 4 is 29.0 Å². The van der Waals surface area contributed by atoms with Gasteiger partial charge in [-0.25, -0.2) is 0 Å². The number of quaternary nitrogens is 1. The molecule has 1 aromatic heterocycles. The van der Waals surface area contributed by atoms with Gasteiger partial charge >= 0.3 is 0 Å². The maximum absolute atomic E-state index is 13.2. The number of nitrogens with one attached hydrogen (secondary N) is 3. The SMILES string of the molecule is COc1ccc(-n2c(=S)[nH]c3cc(C(=O)NCCC[NH+]4CCOCC4)ccc3c2=O)cc1OC. The van der Waals surface area contributed by atoms with Crippen molar-refractivity contribution in [2.45, 2.75) is 6.42 Å². The second kappa shape index (κ2) is 10.8. The van der Waals surface area contributed by atoms with E-state index in [1.165, 1.54) is 16.6 Å². The summed E-state index contributed by atoms with van der Waals surface area (Å²) in [5.74, 6) is 0.864. The number of aromatic nitrogens is 2. The normalized spacial score (nSPS) is 14.2. The molecule has 1 aliphatic heterocycles. The molecule has 9 nitrogen and oxygen atoms in total. The van der Waals surface area contributed by atoms with Gasteiger partial charge in [0.2, 0.25) is 0 Å². The molecule has 10 heteroatoms. The fourth-order valence-electron chi connectivity index (χ4n) is 4.11. The summed E-state index contributed by atoms with van der Waals surface area (Å²) < 4.78 is 17.6. The van der Waals surface area contributed by atoms with Crippen LogP contribution in [0.25, 0.3) is 16.6 Å². The summed E-state index contributed by atoms with van der Waals surface area (Å²) in [5, 5.41) is 3.39. The fourth-order valence-corrected chi connectivity index (χ4v) is 4.41. The van der Waals surface area contributed by atoms with Crippen LogP contribution in [-0.4, -0.2) is 69.1 Å². The molecule has 0 bridgehead atoms. The quantitative estimate of drug-likeness (QED) is 0.327. The Morgan fingerprint density at radius 2 is 1.91 bits per heavy atom. The zero-order valence-electron chi connectivity index (χ0n) is 19.3. The zero-order chi connectivity index (χ0) is 24.1. The number of carbonyl (C=O) groups is 1. The number of fused-ring (bicyclic) bond motifs is 1. The Morgan fingerprint density at radius 3 is 2.65 bits per heavy atom. The molecule has 0 aliphatic carbocycles. The Kier molecular flexibility index (Phi) is 7.61. The van der Waals surface area contributed by atoms with E-state index in [0.29, 0.717) is 40.2 Å². The Balaban J connectivity index is 1.52. The summed E-state index contributed by atoms with van der Waals surface area (Å²) in [5.41, 5.74) is 1.25. The van der Waals surface area contributed by atoms with Gasteiger partial charge in [-0.15, -0.1) is 0 Å². The molecule has 1 fully saturated rings. The third-order valence-corrected chi connectivity index (χ3v) is 6.26. The molecular weight excluding hydrogens is 456 g/mol. The molecule has 0 radical (unpaired) electrons. The summed E-state index contributed by atoms with van der Waals surface area (Å²) in [6, 6.07) is 10.1.